The van der Waals surface area contributed by atoms with Crippen LogP contribution in [0.3, 0.4) is 0 Å². The number of carbonyl (C=O) groups is 1. The SMILES string of the molecule is CCC1(C(=O)NC(C)c2ccc(Br)cc2)CCNCC1. The predicted molar refractivity (Wildman–Crippen MR) is 85.5 cm³/mol. The molecule has 1 aliphatic rings. The van der Waals surface area contributed by atoms with Gasteiger partial charge in [0.05, 0.1) is 11.5 Å². The van der Waals surface area contributed by atoms with Crippen molar-refractivity contribution in [3.63, 3.8) is 0 Å². The lowest BCUT2D eigenvalue weighted by atomic mass is 9.75. The lowest BCUT2D eigenvalue weighted by Gasteiger charge is -2.36. The molecule has 1 aromatic carbocycles. The zero-order valence-corrected chi connectivity index (χ0v) is 13.8. The van der Waals surface area contributed by atoms with Crippen molar-refractivity contribution in [3.05, 3.63) is 34.3 Å². The Morgan fingerprint density at radius 2 is 1.95 bits per heavy atom. The Labute approximate surface area is 129 Å². The van der Waals surface area contributed by atoms with Crippen LogP contribution in [0.5, 0.6) is 0 Å². The third kappa shape index (κ3) is 3.41. The molecule has 1 aliphatic heterocycles. The standard InChI is InChI=1S/C16H23BrN2O/c1-3-16(8-10-18-11-9-16)15(20)19-12(2)13-4-6-14(17)7-5-13/h4-7,12,18H,3,8-11H2,1-2H3,(H,19,20). The zero-order chi connectivity index (χ0) is 14.6. The lowest BCUT2D eigenvalue weighted by molar-refractivity contribution is -0.133. The van der Waals surface area contributed by atoms with Gasteiger partial charge in [-0.25, -0.2) is 0 Å². The Morgan fingerprint density at radius 3 is 2.50 bits per heavy atom. The van der Waals surface area contributed by atoms with Crippen molar-refractivity contribution in [3.8, 4) is 0 Å². The second kappa shape index (κ2) is 6.72. The van der Waals surface area contributed by atoms with Crippen molar-refractivity contribution >= 4 is 21.8 Å². The number of piperidine rings is 1. The molecule has 1 aromatic rings. The molecular weight excluding hydrogens is 316 g/mol. The molecule has 3 nitrogen and oxygen atoms in total. The number of amides is 1. The highest BCUT2D eigenvalue weighted by Gasteiger charge is 2.38. The molecule has 1 heterocycles. The van der Waals surface area contributed by atoms with E-state index < -0.39 is 0 Å². The van der Waals surface area contributed by atoms with Crippen LogP contribution in [-0.2, 0) is 4.79 Å². The number of carbonyl (C=O) groups excluding carboxylic acids is 1. The molecule has 2 rings (SSSR count). The summed E-state index contributed by atoms with van der Waals surface area (Å²) in [5.74, 6) is 0.205. The Morgan fingerprint density at radius 1 is 1.35 bits per heavy atom. The monoisotopic (exact) mass is 338 g/mol. The molecule has 1 amide bonds. The summed E-state index contributed by atoms with van der Waals surface area (Å²) in [4.78, 5) is 12.7. The quantitative estimate of drug-likeness (QED) is 0.883. The van der Waals surface area contributed by atoms with Crippen LogP contribution in [0.2, 0.25) is 0 Å². The second-order valence-electron chi connectivity index (χ2n) is 5.63. The van der Waals surface area contributed by atoms with Gasteiger partial charge in [0.1, 0.15) is 0 Å². The number of benzene rings is 1. The fraction of sp³-hybridized carbons (Fsp3) is 0.562. The predicted octanol–water partition coefficient (Wildman–Crippen LogP) is 3.41. The molecular formula is C16H23BrN2O. The summed E-state index contributed by atoms with van der Waals surface area (Å²) in [5.41, 5.74) is 0.955. The highest BCUT2D eigenvalue weighted by atomic mass is 79.9. The number of rotatable bonds is 4. The average molecular weight is 339 g/mol. The Hall–Kier alpha value is -0.870. The molecule has 20 heavy (non-hydrogen) atoms. The van der Waals surface area contributed by atoms with E-state index in [2.05, 4.69) is 45.6 Å². The lowest BCUT2D eigenvalue weighted by Crippen LogP contribution is -2.47. The largest absolute Gasteiger partial charge is 0.349 e. The fourth-order valence-corrected chi connectivity index (χ4v) is 3.10. The molecule has 0 bridgehead atoms. The first-order valence-corrected chi connectivity index (χ1v) is 8.14. The van der Waals surface area contributed by atoms with E-state index in [4.69, 9.17) is 0 Å². The van der Waals surface area contributed by atoms with Crippen LogP contribution in [0.25, 0.3) is 0 Å². The summed E-state index contributed by atoms with van der Waals surface area (Å²) in [5, 5.41) is 6.53. The van der Waals surface area contributed by atoms with Crippen LogP contribution in [0.1, 0.15) is 44.7 Å². The smallest absolute Gasteiger partial charge is 0.226 e. The van der Waals surface area contributed by atoms with Gasteiger partial charge in [-0.3, -0.25) is 4.79 Å². The second-order valence-corrected chi connectivity index (χ2v) is 6.55. The summed E-state index contributed by atoms with van der Waals surface area (Å²) >= 11 is 3.43. The van der Waals surface area contributed by atoms with E-state index in [0.717, 1.165) is 42.4 Å². The minimum Gasteiger partial charge on any atom is -0.349 e. The molecule has 0 aliphatic carbocycles. The molecule has 1 atom stereocenters. The van der Waals surface area contributed by atoms with Gasteiger partial charge < -0.3 is 10.6 Å². The molecule has 4 heteroatoms. The molecule has 0 radical (unpaired) electrons. The van der Waals surface area contributed by atoms with Crippen LogP contribution >= 0.6 is 15.9 Å². The first-order valence-electron chi connectivity index (χ1n) is 7.34. The number of halogens is 1. The highest BCUT2D eigenvalue weighted by molar-refractivity contribution is 9.10. The maximum atomic E-state index is 12.7. The van der Waals surface area contributed by atoms with Crippen molar-refractivity contribution in [2.24, 2.45) is 5.41 Å². The molecule has 1 unspecified atom stereocenters. The minimum absolute atomic E-state index is 0.0499. The topological polar surface area (TPSA) is 41.1 Å². The number of nitrogens with one attached hydrogen (secondary N) is 2. The van der Waals surface area contributed by atoms with E-state index in [0.29, 0.717) is 0 Å². The normalized spacial score (nSPS) is 19.4. The highest BCUT2D eigenvalue weighted by Crippen LogP contribution is 2.33. The molecule has 2 N–H and O–H groups in total. The van der Waals surface area contributed by atoms with Crippen molar-refractivity contribution in [1.82, 2.24) is 10.6 Å². The van der Waals surface area contributed by atoms with Gasteiger partial charge in [0.2, 0.25) is 5.91 Å². The third-order valence-electron chi connectivity index (χ3n) is 4.44. The van der Waals surface area contributed by atoms with Crippen molar-refractivity contribution in [1.29, 1.82) is 0 Å². The zero-order valence-electron chi connectivity index (χ0n) is 12.2. The summed E-state index contributed by atoms with van der Waals surface area (Å²) in [7, 11) is 0. The minimum atomic E-state index is -0.186. The van der Waals surface area contributed by atoms with E-state index in [1.807, 2.05) is 19.1 Å². The van der Waals surface area contributed by atoms with E-state index in [1.54, 1.807) is 0 Å². The molecule has 110 valence electrons. The summed E-state index contributed by atoms with van der Waals surface area (Å²) in [6, 6.07) is 8.18. The van der Waals surface area contributed by atoms with Gasteiger partial charge in [-0.15, -0.1) is 0 Å². The van der Waals surface area contributed by atoms with Crippen LogP contribution in [0.4, 0.5) is 0 Å². The third-order valence-corrected chi connectivity index (χ3v) is 4.97. The van der Waals surface area contributed by atoms with Gasteiger partial charge in [-0.2, -0.15) is 0 Å². The molecule has 1 fully saturated rings. The van der Waals surface area contributed by atoms with Gasteiger partial charge in [0, 0.05) is 4.47 Å². The van der Waals surface area contributed by atoms with E-state index >= 15 is 0 Å². The van der Waals surface area contributed by atoms with E-state index in [1.165, 1.54) is 0 Å². The molecule has 0 saturated carbocycles. The van der Waals surface area contributed by atoms with Gasteiger partial charge in [-0.1, -0.05) is 35.0 Å². The molecule has 0 aromatic heterocycles. The van der Waals surface area contributed by atoms with Crippen molar-refractivity contribution in [2.45, 2.75) is 39.2 Å². The van der Waals surface area contributed by atoms with Crippen LogP contribution in [0, 0.1) is 5.41 Å². The first kappa shape index (κ1) is 15.5. The number of hydrogen-bond donors (Lipinski definition) is 2. The van der Waals surface area contributed by atoms with Gasteiger partial charge >= 0.3 is 0 Å². The van der Waals surface area contributed by atoms with Crippen LogP contribution < -0.4 is 10.6 Å². The molecule has 0 spiro atoms. The van der Waals surface area contributed by atoms with Crippen LogP contribution in [0.15, 0.2) is 28.7 Å². The maximum Gasteiger partial charge on any atom is 0.226 e. The van der Waals surface area contributed by atoms with Crippen molar-refractivity contribution in [2.75, 3.05) is 13.1 Å². The Bertz CT molecular complexity index is 452. The maximum absolute atomic E-state index is 12.7. The molecule has 1 saturated heterocycles. The average Bonchev–Trinajstić information content (AvgIpc) is 2.48. The Kier molecular flexibility index (Phi) is 5.22. The van der Waals surface area contributed by atoms with E-state index in [-0.39, 0.29) is 17.4 Å². The van der Waals surface area contributed by atoms with Gasteiger partial charge in [0.15, 0.2) is 0 Å². The first-order chi connectivity index (χ1) is 9.57. The fourth-order valence-electron chi connectivity index (χ4n) is 2.83. The van der Waals surface area contributed by atoms with E-state index in [9.17, 15) is 4.79 Å². The summed E-state index contributed by atoms with van der Waals surface area (Å²) < 4.78 is 1.06. The Balaban J connectivity index is 2.04. The van der Waals surface area contributed by atoms with Crippen molar-refractivity contribution < 1.29 is 4.79 Å². The summed E-state index contributed by atoms with van der Waals surface area (Å²) in [6.45, 7) is 6.04. The number of hydrogen-bond acceptors (Lipinski definition) is 2. The van der Waals surface area contributed by atoms with Gasteiger partial charge in [0.25, 0.3) is 0 Å². The summed E-state index contributed by atoms with van der Waals surface area (Å²) in [6.07, 6.45) is 2.78. The van der Waals surface area contributed by atoms with Crippen LogP contribution in [-0.4, -0.2) is 19.0 Å². The van der Waals surface area contributed by atoms with Gasteiger partial charge in [-0.05, 0) is 57.0 Å².